The number of fused-ring (bicyclic) bond motifs is 1. The Balaban J connectivity index is 1.58. The van der Waals surface area contributed by atoms with E-state index < -0.39 is 0 Å². The van der Waals surface area contributed by atoms with Crippen LogP contribution in [0.5, 0.6) is 11.5 Å². The van der Waals surface area contributed by atoms with Crippen LogP contribution < -0.4 is 9.47 Å². The van der Waals surface area contributed by atoms with Crippen LogP contribution >= 0.6 is 0 Å². The van der Waals surface area contributed by atoms with Crippen molar-refractivity contribution in [1.29, 1.82) is 0 Å². The number of pyridine rings is 1. The molecule has 0 saturated heterocycles. The summed E-state index contributed by atoms with van der Waals surface area (Å²) in [4.78, 5) is 9.31. The van der Waals surface area contributed by atoms with E-state index in [-0.39, 0.29) is 6.79 Å². The molecule has 0 spiro atoms. The van der Waals surface area contributed by atoms with Crippen molar-refractivity contribution in [2.75, 3.05) is 6.79 Å². The van der Waals surface area contributed by atoms with Gasteiger partial charge in [-0.25, -0.2) is 0 Å². The fourth-order valence-electron chi connectivity index (χ4n) is 1.68. The summed E-state index contributed by atoms with van der Waals surface area (Å²) in [6, 6.07) is 11.3. The van der Waals surface area contributed by atoms with Gasteiger partial charge in [0, 0.05) is 11.8 Å². The molecule has 1 aliphatic rings. The molecule has 1 aromatic carbocycles. The van der Waals surface area contributed by atoms with Crippen molar-refractivity contribution in [2.24, 2.45) is 5.16 Å². The number of oxime groups is 1. The van der Waals surface area contributed by atoms with Crippen molar-refractivity contribution in [1.82, 2.24) is 4.98 Å². The second-order valence-electron chi connectivity index (χ2n) is 3.94. The third-order valence-electron chi connectivity index (χ3n) is 2.61. The zero-order chi connectivity index (χ0) is 12.9. The number of hydrogen-bond donors (Lipinski definition) is 0. The Morgan fingerprint density at radius 1 is 1.21 bits per heavy atom. The number of hydrogen-bond acceptors (Lipinski definition) is 5. The van der Waals surface area contributed by atoms with Crippen molar-refractivity contribution in [3.8, 4) is 11.5 Å². The summed E-state index contributed by atoms with van der Waals surface area (Å²) in [5.41, 5.74) is 1.73. The number of rotatable bonds is 4. The second-order valence-corrected chi connectivity index (χ2v) is 3.94. The summed E-state index contributed by atoms with van der Waals surface area (Å²) in [6.07, 6.45) is 3.35. The highest BCUT2D eigenvalue weighted by molar-refractivity contribution is 5.80. The normalized spacial score (nSPS) is 12.8. The highest BCUT2D eigenvalue weighted by atomic mass is 16.7. The van der Waals surface area contributed by atoms with E-state index in [1.165, 1.54) is 0 Å². The fraction of sp³-hybridized carbons (Fsp3) is 0.143. The van der Waals surface area contributed by atoms with E-state index in [0.29, 0.717) is 6.61 Å². The van der Waals surface area contributed by atoms with Gasteiger partial charge in [-0.1, -0.05) is 11.2 Å². The van der Waals surface area contributed by atoms with Gasteiger partial charge in [-0.05, 0) is 30.3 Å². The van der Waals surface area contributed by atoms with Gasteiger partial charge in [0.1, 0.15) is 0 Å². The molecular weight excluding hydrogens is 244 g/mol. The Labute approximate surface area is 110 Å². The average Bonchev–Trinajstić information content (AvgIpc) is 2.92. The molecule has 0 radical (unpaired) electrons. The van der Waals surface area contributed by atoms with Gasteiger partial charge in [0.05, 0.1) is 11.9 Å². The van der Waals surface area contributed by atoms with Crippen molar-refractivity contribution < 1.29 is 14.3 Å². The molecule has 1 aliphatic heterocycles. The van der Waals surface area contributed by atoms with Crippen molar-refractivity contribution in [3.63, 3.8) is 0 Å². The summed E-state index contributed by atoms with van der Waals surface area (Å²) >= 11 is 0. The monoisotopic (exact) mass is 256 g/mol. The first-order chi connectivity index (χ1) is 9.42. The van der Waals surface area contributed by atoms with Gasteiger partial charge in [0.15, 0.2) is 18.1 Å². The van der Waals surface area contributed by atoms with Gasteiger partial charge in [-0.2, -0.15) is 0 Å². The zero-order valence-corrected chi connectivity index (χ0v) is 10.2. The molecule has 0 aliphatic carbocycles. The molecule has 2 aromatic rings. The molecule has 0 unspecified atom stereocenters. The van der Waals surface area contributed by atoms with Gasteiger partial charge in [0.25, 0.3) is 0 Å². The third kappa shape index (κ3) is 2.82. The van der Waals surface area contributed by atoms with E-state index in [2.05, 4.69) is 10.1 Å². The van der Waals surface area contributed by atoms with Crippen LogP contribution in [0.15, 0.2) is 47.8 Å². The maximum Gasteiger partial charge on any atom is 0.231 e. The number of ether oxygens (including phenoxy) is 2. The minimum absolute atomic E-state index is 0.270. The predicted molar refractivity (Wildman–Crippen MR) is 69.2 cm³/mol. The largest absolute Gasteiger partial charge is 0.454 e. The lowest BCUT2D eigenvalue weighted by Crippen LogP contribution is -1.93. The molecule has 0 bridgehead atoms. The van der Waals surface area contributed by atoms with Crippen LogP contribution in [0, 0.1) is 0 Å². The zero-order valence-electron chi connectivity index (χ0n) is 10.2. The van der Waals surface area contributed by atoms with Gasteiger partial charge < -0.3 is 14.3 Å². The Bertz CT molecular complexity index is 584. The molecule has 3 rings (SSSR count). The molecule has 0 fully saturated rings. The number of nitrogens with zero attached hydrogens (tertiary/aromatic N) is 2. The van der Waals surface area contributed by atoms with E-state index in [4.69, 9.17) is 14.3 Å². The molecule has 5 nitrogen and oxygen atoms in total. The average molecular weight is 256 g/mol. The molecule has 5 heteroatoms. The molecule has 0 atom stereocenters. The summed E-state index contributed by atoms with van der Waals surface area (Å²) in [5.74, 6) is 1.49. The van der Waals surface area contributed by atoms with Crippen LogP contribution in [0.4, 0.5) is 0 Å². The summed E-state index contributed by atoms with van der Waals surface area (Å²) in [7, 11) is 0. The maximum absolute atomic E-state index is 5.28. The van der Waals surface area contributed by atoms with Gasteiger partial charge in [-0.15, -0.1) is 0 Å². The smallest absolute Gasteiger partial charge is 0.231 e. The van der Waals surface area contributed by atoms with Crippen molar-refractivity contribution >= 4 is 6.21 Å². The van der Waals surface area contributed by atoms with Crippen molar-refractivity contribution in [3.05, 3.63) is 53.9 Å². The standard InChI is InChI=1S/C14H12N2O3/c1-2-6-15-12(3-1)9-19-16-8-11-4-5-13-14(7-11)18-10-17-13/h1-8H,9-10H2/b16-8+. The van der Waals surface area contributed by atoms with Crippen LogP contribution in [-0.4, -0.2) is 18.0 Å². The maximum atomic E-state index is 5.28. The Morgan fingerprint density at radius 2 is 2.16 bits per heavy atom. The van der Waals surface area contributed by atoms with E-state index >= 15 is 0 Å². The van der Waals surface area contributed by atoms with Crippen LogP contribution in [0.25, 0.3) is 0 Å². The van der Waals surface area contributed by atoms with Gasteiger partial charge >= 0.3 is 0 Å². The lowest BCUT2D eigenvalue weighted by atomic mass is 10.2. The molecule has 96 valence electrons. The quantitative estimate of drug-likeness (QED) is 0.622. The van der Waals surface area contributed by atoms with Crippen LogP contribution in [0.1, 0.15) is 11.3 Å². The first kappa shape index (κ1) is 11.5. The lowest BCUT2D eigenvalue weighted by molar-refractivity contribution is 0.129. The molecule has 0 amide bonds. The lowest BCUT2D eigenvalue weighted by Gasteiger charge is -1.99. The fourth-order valence-corrected chi connectivity index (χ4v) is 1.68. The van der Waals surface area contributed by atoms with Crippen LogP contribution in [0.2, 0.25) is 0 Å². The molecular formula is C14H12N2O3. The first-order valence-electron chi connectivity index (χ1n) is 5.87. The molecule has 0 saturated carbocycles. The van der Waals surface area contributed by atoms with Crippen LogP contribution in [-0.2, 0) is 11.4 Å². The van der Waals surface area contributed by atoms with Gasteiger partial charge in [-0.3, -0.25) is 4.98 Å². The summed E-state index contributed by atoms with van der Waals surface area (Å²) in [5, 5.41) is 3.90. The molecule has 2 heterocycles. The Kier molecular flexibility index (Phi) is 3.27. The van der Waals surface area contributed by atoms with Crippen LogP contribution in [0.3, 0.4) is 0 Å². The van der Waals surface area contributed by atoms with Gasteiger partial charge in [0.2, 0.25) is 6.79 Å². The topological polar surface area (TPSA) is 52.9 Å². The second kappa shape index (κ2) is 5.39. The third-order valence-corrected chi connectivity index (χ3v) is 2.61. The minimum atomic E-state index is 0.270. The molecule has 19 heavy (non-hydrogen) atoms. The first-order valence-corrected chi connectivity index (χ1v) is 5.87. The van der Waals surface area contributed by atoms with E-state index in [1.54, 1.807) is 12.4 Å². The number of benzene rings is 1. The Morgan fingerprint density at radius 3 is 3.05 bits per heavy atom. The number of aromatic nitrogens is 1. The highest BCUT2D eigenvalue weighted by Crippen LogP contribution is 2.31. The Hall–Kier alpha value is -2.56. The minimum Gasteiger partial charge on any atom is -0.454 e. The predicted octanol–water partition coefficient (Wildman–Crippen LogP) is 2.36. The van der Waals surface area contributed by atoms with E-state index in [0.717, 1.165) is 22.8 Å². The summed E-state index contributed by atoms with van der Waals surface area (Å²) in [6.45, 7) is 0.619. The summed E-state index contributed by atoms with van der Waals surface area (Å²) < 4.78 is 10.5. The molecule has 0 N–H and O–H groups in total. The molecule has 1 aromatic heterocycles. The van der Waals surface area contributed by atoms with E-state index in [9.17, 15) is 0 Å². The van der Waals surface area contributed by atoms with Crippen molar-refractivity contribution in [2.45, 2.75) is 6.61 Å². The SMILES string of the molecule is C(=N\OCc1ccccn1)/c1ccc2c(c1)OCO2. The highest BCUT2D eigenvalue weighted by Gasteiger charge is 2.12. The van der Waals surface area contributed by atoms with E-state index in [1.807, 2.05) is 36.4 Å².